The number of piperazine rings is 1. The van der Waals surface area contributed by atoms with Gasteiger partial charge >= 0.3 is 0 Å². The van der Waals surface area contributed by atoms with Gasteiger partial charge in [0, 0.05) is 49.0 Å². The van der Waals surface area contributed by atoms with Crippen LogP contribution in [-0.2, 0) is 4.79 Å². The Hall–Kier alpha value is -3.08. The maximum atomic E-state index is 11.2. The van der Waals surface area contributed by atoms with Gasteiger partial charge in [-0.3, -0.25) is 4.79 Å². The third kappa shape index (κ3) is 3.33. The summed E-state index contributed by atoms with van der Waals surface area (Å²) in [5, 5.41) is 1.05. The van der Waals surface area contributed by atoms with E-state index in [4.69, 9.17) is 0 Å². The van der Waals surface area contributed by atoms with Gasteiger partial charge in [0.2, 0.25) is 0 Å². The van der Waals surface area contributed by atoms with Crippen molar-refractivity contribution in [2.24, 2.45) is 0 Å². The summed E-state index contributed by atoms with van der Waals surface area (Å²) in [4.78, 5) is 23.7. The highest BCUT2D eigenvalue weighted by atomic mass is 16.1. The molecule has 132 valence electrons. The summed E-state index contributed by atoms with van der Waals surface area (Å²) < 4.78 is 0. The van der Waals surface area contributed by atoms with Crippen molar-refractivity contribution in [2.75, 3.05) is 36.0 Å². The number of nitrogens with zero attached hydrogens (tertiary/aromatic N) is 3. The Morgan fingerprint density at radius 3 is 2.46 bits per heavy atom. The number of fused-ring (bicyclic) bond motifs is 1. The first-order valence-corrected chi connectivity index (χ1v) is 8.91. The molecule has 1 aliphatic rings. The summed E-state index contributed by atoms with van der Waals surface area (Å²) >= 11 is 0. The topological polar surface area (TPSA) is 52.2 Å². The summed E-state index contributed by atoms with van der Waals surface area (Å²) in [5.41, 5.74) is 4.25. The zero-order valence-corrected chi connectivity index (χ0v) is 14.9. The number of allylic oxidation sites excluding steroid dienone is 1. The number of H-pyrrole nitrogens is 1. The number of nitrogens with one attached hydrogen (secondary N) is 1. The largest absolute Gasteiger partial charge is 0.368 e. The third-order valence-electron chi connectivity index (χ3n) is 4.81. The third-order valence-corrected chi connectivity index (χ3v) is 4.81. The van der Waals surface area contributed by atoms with Crippen LogP contribution in [0, 0.1) is 0 Å². The first-order valence-electron chi connectivity index (χ1n) is 8.91. The highest BCUT2D eigenvalue weighted by Crippen LogP contribution is 2.25. The molecule has 0 saturated carbocycles. The minimum atomic E-state index is 0.0421. The molecule has 1 N–H and O–H groups in total. The summed E-state index contributed by atoms with van der Waals surface area (Å²) in [7, 11) is 0. The van der Waals surface area contributed by atoms with Crippen molar-refractivity contribution in [1.82, 2.24) is 9.97 Å². The second kappa shape index (κ2) is 7.04. The first kappa shape index (κ1) is 16.4. The number of anilines is 2. The first-order chi connectivity index (χ1) is 12.7. The fourth-order valence-electron chi connectivity index (χ4n) is 3.39. The van der Waals surface area contributed by atoms with Gasteiger partial charge in [-0.1, -0.05) is 18.2 Å². The maximum Gasteiger partial charge on any atom is 0.152 e. The molecule has 3 heterocycles. The molecule has 2 aromatic heterocycles. The van der Waals surface area contributed by atoms with E-state index < -0.39 is 0 Å². The number of aromatic amines is 1. The van der Waals surface area contributed by atoms with Crippen LogP contribution in [0.3, 0.4) is 0 Å². The van der Waals surface area contributed by atoms with E-state index in [9.17, 15) is 4.79 Å². The van der Waals surface area contributed by atoms with Gasteiger partial charge in [-0.25, -0.2) is 4.98 Å². The van der Waals surface area contributed by atoms with Crippen molar-refractivity contribution < 1.29 is 4.79 Å². The number of carbonyl (C=O) groups excluding carboxylic acids is 1. The normalized spacial score (nSPS) is 15.1. The molecule has 1 saturated heterocycles. The van der Waals surface area contributed by atoms with Crippen LogP contribution in [0.4, 0.5) is 11.4 Å². The van der Waals surface area contributed by atoms with E-state index in [0.717, 1.165) is 48.5 Å². The molecular weight excluding hydrogens is 324 g/mol. The molecule has 26 heavy (non-hydrogen) atoms. The molecule has 3 aromatic rings. The lowest BCUT2D eigenvalue weighted by Crippen LogP contribution is -2.46. The predicted molar refractivity (Wildman–Crippen MR) is 107 cm³/mol. The fourth-order valence-corrected chi connectivity index (χ4v) is 3.39. The number of pyridine rings is 1. The number of aromatic nitrogens is 2. The molecule has 0 atom stereocenters. The highest BCUT2D eigenvalue weighted by Gasteiger charge is 2.18. The average molecular weight is 346 g/mol. The molecule has 0 bridgehead atoms. The summed E-state index contributed by atoms with van der Waals surface area (Å²) in [5.74, 6) is 0.0421. The lowest BCUT2D eigenvalue weighted by Gasteiger charge is -2.37. The van der Waals surface area contributed by atoms with Gasteiger partial charge in [0.1, 0.15) is 5.65 Å². The number of rotatable bonds is 4. The second-order valence-electron chi connectivity index (χ2n) is 6.59. The van der Waals surface area contributed by atoms with Crippen LogP contribution in [0.1, 0.15) is 12.5 Å². The zero-order valence-electron chi connectivity index (χ0n) is 14.9. The lowest BCUT2D eigenvalue weighted by molar-refractivity contribution is -0.112. The number of hydrogen-bond donors (Lipinski definition) is 1. The van der Waals surface area contributed by atoms with Gasteiger partial charge in [0.15, 0.2) is 5.78 Å². The molecule has 1 aliphatic heterocycles. The molecule has 0 unspecified atom stereocenters. The summed E-state index contributed by atoms with van der Waals surface area (Å²) in [6.07, 6.45) is 7.26. The van der Waals surface area contributed by atoms with Crippen molar-refractivity contribution in [3.8, 4) is 0 Å². The van der Waals surface area contributed by atoms with Gasteiger partial charge in [-0.15, -0.1) is 0 Å². The smallest absolute Gasteiger partial charge is 0.152 e. The monoisotopic (exact) mass is 346 g/mol. The minimum absolute atomic E-state index is 0.0421. The Morgan fingerprint density at radius 2 is 1.77 bits per heavy atom. The lowest BCUT2D eigenvalue weighted by atomic mass is 10.1. The molecule has 1 fully saturated rings. The van der Waals surface area contributed by atoms with Crippen molar-refractivity contribution in [2.45, 2.75) is 6.92 Å². The van der Waals surface area contributed by atoms with E-state index in [1.165, 1.54) is 5.69 Å². The van der Waals surface area contributed by atoms with Crippen molar-refractivity contribution in [3.05, 3.63) is 60.4 Å². The Labute approximate surface area is 153 Å². The van der Waals surface area contributed by atoms with Crippen LogP contribution < -0.4 is 9.80 Å². The van der Waals surface area contributed by atoms with Crippen LogP contribution in [0.2, 0.25) is 0 Å². The summed E-state index contributed by atoms with van der Waals surface area (Å²) in [6, 6.07) is 12.7. The number of benzene rings is 1. The quantitative estimate of drug-likeness (QED) is 0.735. The zero-order chi connectivity index (χ0) is 17.9. The van der Waals surface area contributed by atoms with E-state index in [1.807, 2.05) is 18.5 Å². The van der Waals surface area contributed by atoms with Gasteiger partial charge in [0.05, 0.1) is 11.9 Å². The molecule has 5 nitrogen and oxygen atoms in total. The number of para-hydroxylation sites is 1. The van der Waals surface area contributed by atoms with E-state index in [2.05, 4.69) is 56.2 Å². The van der Waals surface area contributed by atoms with Gasteiger partial charge in [-0.2, -0.15) is 0 Å². The predicted octanol–water partition coefficient (Wildman–Crippen LogP) is 3.49. The molecule has 5 heteroatoms. The molecule has 4 rings (SSSR count). The van der Waals surface area contributed by atoms with Crippen LogP contribution in [-0.4, -0.2) is 41.9 Å². The molecular formula is C21H22N4O. The van der Waals surface area contributed by atoms with E-state index in [1.54, 1.807) is 13.0 Å². The van der Waals surface area contributed by atoms with Crippen LogP contribution >= 0.6 is 0 Å². The Kier molecular flexibility index (Phi) is 4.44. The number of hydrogen-bond acceptors (Lipinski definition) is 4. The minimum Gasteiger partial charge on any atom is -0.368 e. The Balaban J connectivity index is 1.52. The molecule has 0 aliphatic carbocycles. The van der Waals surface area contributed by atoms with E-state index in [0.29, 0.717) is 0 Å². The Bertz CT molecular complexity index is 937. The van der Waals surface area contributed by atoms with Crippen molar-refractivity contribution >= 4 is 34.3 Å². The maximum absolute atomic E-state index is 11.2. The number of ketones is 1. The van der Waals surface area contributed by atoms with Crippen molar-refractivity contribution in [1.29, 1.82) is 0 Å². The average Bonchev–Trinajstić information content (AvgIpc) is 3.09. The van der Waals surface area contributed by atoms with E-state index >= 15 is 0 Å². The molecule has 0 spiro atoms. The Morgan fingerprint density at radius 1 is 1.08 bits per heavy atom. The van der Waals surface area contributed by atoms with Crippen LogP contribution in [0.15, 0.2) is 54.9 Å². The standard InChI is InChI=1S/C21H22N4O/c1-16(26)7-8-17-14-22-21-20(17)13-19(15-23-21)25-11-9-24(10-12-25)18-5-3-2-4-6-18/h2-8,13-15H,9-12H2,1H3,(H,22,23)/b8-7+. The van der Waals surface area contributed by atoms with E-state index in [-0.39, 0.29) is 5.78 Å². The van der Waals surface area contributed by atoms with Gasteiger partial charge in [0.25, 0.3) is 0 Å². The molecule has 1 aromatic carbocycles. The SMILES string of the molecule is CC(=O)/C=C/c1c[nH]c2ncc(N3CCN(c4ccccc4)CC3)cc12. The second-order valence-corrected chi connectivity index (χ2v) is 6.59. The highest BCUT2D eigenvalue weighted by molar-refractivity contribution is 5.96. The molecule has 0 amide bonds. The number of carbonyl (C=O) groups is 1. The van der Waals surface area contributed by atoms with Crippen LogP contribution in [0.25, 0.3) is 17.1 Å². The van der Waals surface area contributed by atoms with Gasteiger partial charge < -0.3 is 14.8 Å². The van der Waals surface area contributed by atoms with Crippen LogP contribution in [0.5, 0.6) is 0 Å². The fraction of sp³-hybridized carbons (Fsp3) is 0.238. The van der Waals surface area contributed by atoms with Gasteiger partial charge in [-0.05, 0) is 37.3 Å². The summed E-state index contributed by atoms with van der Waals surface area (Å²) in [6.45, 7) is 5.47. The molecule has 0 radical (unpaired) electrons. The van der Waals surface area contributed by atoms with Crippen molar-refractivity contribution in [3.63, 3.8) is 0 Å².